The Hall–Kier alpha value is -1.16. The van der Waals surface area contributed by atoms with Gasteiger partial charge in [0.25, 0.3) is 0 Å². The van der Waals surface area contributed by atoms with Crippen molar-refractivity contribution in [3.05, 3.63) is 57.3 Å². The van der Waals surface area contributed by atoms with Crippen molar-refractivity contribution in [1.82, 2.24) is 4.90 Å². The molecule has 1 atom stereocenters. The average Bonchev–Trinajstić information content (AvgIpc) is 2.85. The highest BCUT2D eigenvalue weighted by atomic mass is 32.1. The van der Waals surface area contributed by atoms with E-state index < -0.39 is 0 Å². The van der Waals surface area contributed by atoms with Crippen molar-refractivity contribution in [1.29, 1.82) is 0 Å². The second kappa shape index (κ2) is 6.30. The predicted octanol–water partition coefficient (Wildman–Crippen LogP) is 4.00. The van der Waals surface area contributed by atoms with Crippen LogP contribution in [0.15, 0.2) is 36.4 Å². The SMILES string of the molecule is CC(C)Cc1ccc(CN2Cc3ccccc3C(O)C2)s1. The van der Waals surface area contributed by atoms with Gasteiger partial charge in [0.2, 0.25) is 0 Å². The minimum atomic E-state index is -0.356. The molecule has 1 unspecified atom stereocenters. The van der Waals surface area contributed by atoms with Crippen LogP contribution in [0.5, 0.6) is 0 Å². The van der Waals surface area contributed by atoms with Gasteiger partial charge in [0.05, 0.1) is 6.10 Å². The summed E-state index contributed by atoms with van der Waals surface area (Å²) in [6.45, 7) is 7.13. The van der Waals surface area contributed by atoms with Gasteiger partial charge in [-0.25, -0.2) is 0 Å². The number of aliphatic hydroxyl groups is 1. The monoisotopic (exact) mass is 301 g/mol. The molecule has 3 rings (SSSR count). The first kappa shape index (κ1) is 14.8. The normalized spacial score (nSPS) is 19.0. The average molecular weight is 301 g/mol. The molecular weight excluding hydrogens is 278 g/mol. The zero-order valence-corrected chi connectivity index (χ0v) is 13.6. The fraction of sp³-hybridized carbons (Fsp3) is 0.444. The maximum Gasteiger partial charge on any atom is 0.0920 e. The van der Waals surface area contributed by atoms with Crippen LogP contribution in [0.4, 0.5) is 0 Å². The van der Waals surface area contributed by atoms with E-state index in [2.05, 4.69) is 43.0 Å². The van der Waals surface area contributed by atoms with Crippen LogP contribution in [-0.4, -0.2) is 16.6 Å². The summed E-state index contributed by atoms with van der Waals surface area (Å²) in [5.41, 5.74) is 2.36. The number of rotatable bonds is 4. The largest absolute Gasteiger partial charge is 0.387 e. The van der Waals surface area contributed by atoms with E-state index in [0.29, 0.717) is 5.92 Å². The first-order chi connectivity index (χ1) is 10.1. The zero-order valence-electron chi connectivity index (χ0n) is 12.7. The van der Waals surface area contributed by atoms with Crippen LogP contribution >= 0.6 is 11.3 Å². The van der Waals surface area contributed by atoms with E-state index in [1.54, 1.807) is 0 Å². The highest BCUT2D eigenvalue weighted by molar-refractivity contribution is 7.11. The molecule has 2 heterocycles. The molecule has 0 amide bonds. The Balaban J connectivity index is 1.68. The maximum absolute atomic E-state index is 10.3. The molecule has 0 fully saturated rings. The van der Waals surface area contributed by atoms with Crippen LogP contribution in [0.1, 0.15) is 40.8 Å². The van der Waals surface area contributed by atoms with Crippen molar-refractivity contribution in [2.75, 3.05) is 6.54 Å². The van der Waals surface area contributed by atoms with Gasteiger partial charge < -0.3 is 5.11 Å². The number of benzene rings is 1. The molecule has 0 aliphatic carbocycles. The minimum absolute atomic E-state index is 0.356. The van der Waals surface area contributed by atoms with Gasteiger partial charge in [0, 0.05) is 29.4 Å². The van der Waals surface area contributed by atoms with Gasteiger partial charge in [-0.15, -0.1) is 11.3 Å². The molecule has 2 aromatic rings. The highest BCUT2D eigenvalue weighted by Crippen LogP contribution is 2.29. The lowest BCUT2D eigenvalue weighted by atomic mass is 9.97. The molecule has 0 spiro atoms. The number of nitrogens with zero attached hydrogens (tertiary/aromatic N) is 1. The second-order valence-electron chi connectivity index (χ2n) is 6.35. The van der Waals surface area contributed by atoms with E-state index in [1.165, 1.54) is 15.3 Å². The molecule has 1 aromatic carbocycles. The van der Waals surface area contributed by atoms with E-state index >= 15 is 0 Å². The van der Waals surface area contributed by atoms with Crippen LogP contribution in [0.3, 0.4) is 0 Å². The van der Waals surface area contributed by atoms with Crippen molar-refractivity contribution in [2.45, 2.75) is 39.5 Å². The number of hydrogen-bond acceptors (Lipinski definition) is 3. The van der Waals surface area contributed by atoms with Gasteiger partial charge in [0.15, 0.2) is 0 Å². The maximum atomic E-state index is 10.3. The molecule has 0 saturated carbocycles. The molecule has 0 radical (unpaired) electrons. The molecule has 112 valence electrons. The van der Waals surface area contributed by atoms with E-state index in [4.69, 9.17) is 0 Å². The predicted molar refractivity (Wildman–Crippen MR) is 88.4 cm³/mol. The van der Waals surface area contributed by atoms with E-state index in [1.807, 2.05) is 23.5 Å². The van der Waals surface area contributed by atoms with Crippen molar-refractivity contribution in [3.8, 4) is 0 Å². The molecule has 1 aromatic heterocycles. The Morgan fingerprint density at radius 3 is 2.76 bits per heavy atom. The second-order valence-corrected chi connectivity index (χ2v) is 7.60. The lowest BCUT2D eigenvalue weighted by Crippen LogP contribution is -2.32. The van der Waals surface area contributed by atoms with Gasteiger partial charge in [0.1, 0.15) is 0 Å². The topological polar surface area (TPSA) is 23.5 Å². The van der Waals surface area contributed by atoms with Gasteiger partial charge in [-0.05, 0) is 35.6 Å². The molecule has 2 nitrogen and oxygen atoms in total. The molecular formula is C18H23NOS. The summed E-state index contributed by atoms with van der Waals surface area (Å²) >= 11 is 1.91. The summed E-state index contributed by atoms with van der Waals surface area (Å²) < 4.78 is 0. The van der Waals surface area contributed by atoms with Gasteiger partial charge in [-0.3, -0.25) is 4.90 Å². The van der Waals surface area contributed by atoms with E-state index in [9.17, 15) is 5.11 Å². The summed E-state index contributed by atoms with van der Waals surface area (Å²) in [7, 11) is 0. The van der Waals surface area contributed by atoms with Crippen LogP contribution in [-0.2, 0) is 19.5 Å². The van der Waals surface area contributed by atoms with E-state index in [0.717, 1.165) is 31.6 Å². The standard InChI is InChI=1S/C18H23NOS/c1-13(2)9-15-7-8-16(21-15)11-19-10-14-5-3-4-6-17(14)18(20)12-19/h3-8,13,18,20H,9-12H2,1-2H3. The van der Waals surface area contributed by atoms with Crippen molar-refractivity contribution >= 4 is 11.3 Å². The van der Waals surface area contributed by atoms with Crippen LogP contribution in [0, 0.1) is 5.92 Å². The number of aliphatic hydroxyl groups excluding tert-OH is 1. The molecule has 1 aliphatic heterocycles. The van der Waals surface area contributed by atoms with E-state index in [-0.39, 0.29) is 6.10 Å². The van der Waals surface area contributed by atoms with Crippen LogP contribution in [0.25, 0.3) is 0 Å². The number of β-amino-alcohol motifs (C(OH)–C–C–N with tert-alkyl or cyclic N) is 1. The first-order valence-corrected chi connectivity index (χ1v) is 8.49. The molecule has 21 heavy (non-hydrogen) atoms. The smallest absolute Gasteiger partial charge is 0.0920 e. The third-order valence-electron chi connectivity index (χ3n) is 3.95. The summed E-state index contributed by atoms with van der Waals surface area (Å²) in [6, 6.07) is 12.7. The minimum Gasteiger partial charge on any atom is -0.387 e. The highest BCUT2D eigenvalue weighted by Gasteiger charge is 2.23. The van der Waals surface area contributed by atoms with Gasteiger partial charge >= 0.3 is 0 Å². The Labute approximate surface area is 131 Å². The molecule has 1 aliphatic rings. The summed E-state index contributed by atoms with van der Waals surface area (Å²) in [5, 5.41) is 10.3. The molecule has 3 heteroatoms. The number of fused-ring (bicyclic) bond motifs is 1. The van der Waals surface area contributed by atoms with Crippen molar-refractivity contribution in [2.24, 2.45) is 5.92 Å². The Kier molecular flexibility index (Phi) is 4.43. The summed E-state index contributed by atoms with van der Waals surface area (Å²) in [4.78, 5) is 5.22. The van der Waals surface area contributed by atoms with Crippen molar-refractivity contribution in [3.63, 3.8) is 0 Å². The van der Waals surface area contributed by atoms with Gasteiger partial charge in [-0.1, -0.05) is 38.1 Å². The Bertz CT molecular complexity index is 605. The molecule has 0 saturated heterocycles. The Morgan fingerprint density at radius 1 is 1.19 bits per heavy atom. The van der Waals surface area contributed by atoms with Crippen molar-refractivity contribution < 1.29 is 5.11 Å². The van der Waals surface area contributed by atoms with Crippen LogP contribution in [0.2, 0.25) is 0 Å². The molecule has 0 bridgehead atoms. The Morgan fingerprint density at radius 2 is 1.95 bits per heavy atom. The third kappa shape index (κ3) is 3.54. The lowest BCUT2D eigenvalue weighted by molar-refractivity contribution is 0.0888. The summed E-state index contributed by atoms with van der Waals surface area (Å²) in [5.74, 6) is 0.709. The lowest BCUT2D eigenvalue weighted by Gasteiger charge is -2.31. The fourth-order valence-corrected chi connectivity index (χ4v) is 4.28. The first-order valence-electron chi connectivity index (χ1n) is 7.67. The quantitative estimate of drug-likeness (QED) is 0.923. The zero-order chi connectivity index (χ0) is 14.8. The third-order valence-corrected chi connectivity index (χ3v) is 5.04. The number of hydrogen-bond donors (Lipinski definition) is 1. The number of thiophene rings is 1. The fourth-order valence-electron chi connectivity index (χ4n) is 3.01. The van der Waals surface area contributed by atoms with Gasteiger partial charge in [-0.2, -0.15) is 0 Å². The summed E-state index contributed by atoms with van der Waals surface area (Å²) in [6.07, 6.45) is 0.806. The molecule has 1 N–H and O–H groups in total. The van der Waals surface area contributed by atoms with Crippen LogP contribution < -0.4 is 0 Å².